The molecule has 29 heavy (non-hydrogen) atoms. The lowest BCUT2D eigenvalue weighted by Gasteiger charge is -2.36. The van der Waals surface area contributed by atoms with Crippen molar-refractivity contribution in [2.24, 2.45) is 0 Å². The lowest BCUT2D eigenvalue weighted by atomic mass is 10.2. The number of hydrogen-bond acceptors (Lipinski definition) is 6. The Morgan fingerprint density at radius 2 is 1.79 bits per heavy atom. The molecule has 1 saturated heterocycles. The van der Waals surface area contributed by atoms with Crippen molar-refractivity contribution in [1.29, 1.82) is 0 Å². The Morgan fingerprint density at radius 1 is 1.03 bits per heavy atom. The molecule has 0 unspecified atom stereocenters. The van der Waals surface area contributed by atoms with Crippen molar-refractivity contribution in [3.63, 3.8) is 0 Å². The molecule has 0 radical (unpaired) electrons. The quantitative estimate of drug-likeness (QED) is 0.716. The molecule has 0 spiro atoms. The van der Waals surface area contributed by atoms with Gasteiger partial charge in [0.2, 0.25) is 11.8 Å². The van der Waals surface area contributed by atoms with Crippen LogP contribution in [0.15, 0.2) is 48.7 Å². The summed E-state index contributed by atoms with van der Waals surface area (Å²) < 4.78 is 10.7. The van der Waals surface area contributed by atoms with Crippen LogP contribution in [-0.4, -0.2) is 68.2 Å². The molecule has 0 bridgehead atoms. The van der Waals surface area contributed by atoms with Gasteiger partial charge in [-0.15, -0.1) is 0 Å². The highest BCUT2D eigenvalue weighted by molar-refractivity contribution is 5.80. The Balaban J connectivity index is 1.36. The summed E-state index contributed by atoms with van der Waals surface area (Å²) in [4.78, 5) is 32.3. The first-order chi connectivity index (χ1) is 14.2. The molecule has 1 aromatic carbocycles. The number of rotatable bonds is 8. The summed E-state index contributed by atoms with van der Waals surface area (Å²) in [7, 11) is 1.66. The molecule has 0 saturated carbocycles. The van der Waals surface area contributed by atoms with Crippen molar-refractivity contribution in [2.45, 2.75) is 6.54 Å². The summed E-state index contributed by atoms with van der Waals surface area (Å²) in [5, 5.41) is 2.72. The number of hydrogen-bond donors (Lipinski definition) is 1. The SMILES string of the molecule is COc1ccccc1N1CCN(C(=O)COCC(=O)NCc2ccccn2)CC1. The van der Waals surface area contributed by atoms with E-state index >= 15 is 0 Å². The van der Waals surface area contributed by atoms with E-state index in [4.69, 9.17) is 9.47 Å². The number of anilines is 1. The molecule has 1 aromatic heterocycles. The number of carbonyl (C=O) groups is 2. The molecule has 8 heteroatoms. The predicted molar refractivity (Wildman–Crippen MR) is 109 cm³/mol. The van der Waals surface area contributed by atoms with Gasteiger partial charge in [-0.05, 0) is 24.3 Å². The van der Waals surface area contributed by atoms with Gasteiger partial charge >= 0.3 is 0 Å². The van der Waals surface area contributed by atoms with Gasteiger partial charge in [0.05, 0.1) is 25.0 Å². The Kier molecular flexibility index (Phi) is 7.40. The molecule has 3 rings (SSSR count). The first-order valence-corrected chi connectivity index (χ1v) is 9.57. The number of nitrogens with one attached hydrogen (secondary N) is 1. The molecule has 1 aliphatic rings. The fourth-order valence-electron chi connectivity index (χ4n) is 3.15. The van der Waals surface area contributed by atoms with Crippen LogP contribution in [0.1, 0.15) is 5.69 Å². The first-order valence-electron chi connectivity index (χ1n) is 9.57. The van der Waals surface area contributed by atoms with Crippen LogP contribution in [0.2, 0.25) is 0 Å². The van der Waals surface area contributed by atoms with Crippen LogP contribution in [0.4, 0.5) is 5.69 Å². The van der Waals surface area contributed by atoms with E-state index in [2.05, 4.69) is 15.2 Å². The van der Waals surface area contributed by atoms with Gasteiger partial charge in [-0.3, -0.25) is 14.6 Å². The summed E-state index contributed by atoms with van der Waals surface area (Å²) in [6.07, 6.45) is 1.67. The van der Waals surface area contributed by atoms with Gasteiger partial charge in [-0.2, -0.15) is 0 Å². The highest BCUT2D eigenvalue weighted by Gasteiger charge is 2.23. The number of nitrogens with zero attached hydrogens (tertiary/aromatic N) is 3. The Bertz CT molecular complexity index is 807. The second-order valence-corrected chi connectivity index (χ2v) is 6.63. The molecule has 1 N–H and O–H groups in total. The minimum atomic E-state index is -0.274. The molecular formula is C21H26N4O4. The monoisotopic (exact) mass is 398 g/mol. The zero-order valence-corrected chi connectivity index (χ0v) is 16.5. The van der Waals surface area contributed by atoms with Crippen molar-refractivity contribution < 1.29 is 19.1 Å². The minimum Gasteiger partial charge on any atom is -0.495 e. The van der Waals surface area contributed by atoms with Gasteiger partial charge in [-0.25, -0.2) is 0 Å². The van der Waals surface area contributed by atoms with Crippen LogP contribution in [-0.2, 0) is 20.9 Å². The van der Waals surface area contributed by atoms with E-state index in [1.165, 1.54) is 0 Å². The zero-order valence-electron chi connectivity index (χ0n) is 16.5. The number of benzene rings is 1. The van der Waals surface area contributed by atoms with E-state index < -0.39 is 0 Å². The second kappa shape index (κ2) is 10.4. The van der Waals surface area contributed by atoms with Crippen molar-refractivity contribution >= 4 is 17.5 Å². The van der Waals surface area contributed by atoms with Gasteiger partial charge in [0.1, 0.15) is 19.0 Å². The Morgan fingerprint density at radius 3 is 2.52 bits per heavy atom. The Labute approximate surface area is 170 Å². The number of carbonyl (C=O) groups excluding carboxylic acids is 2. The molecule has 1 fully saturated rings. The smallest absolute Gasteiger partial charge is 0.248 e. The van der Waals surface area contributed by atoms with E-state index in [-0.39, 0.29) is 25.0 Å². The van der Waals surface area contributed by atoms with E-state index in [0.717, 1.165) is 30.2 Å². The van der Waals surface area contributed by atoms with E-state index in [1.54, 1.807) is 18.2 Å². The molecule has 8 nitrogen and oxygen atoms in total. The van der Waals surface area contributed by atoms with Crippen molar-refractivity contribution in [1.82, 2.24) is 15.2 Å². The lowest BCUT2D eigenvalue weighted by Crippen LogP contribution is -2.50. The maximum absolute atomic E-state index is 12.3. The summed E-state index contributed by atoms with van der Waals surface area (Å²) in [5.74, 6) is 0.443. The third kappa shape index (κ3) is 5.92. The van der Waals surface area contributed by atoms with Gasteiger partial charge in [0.25, 0.3) is 0 Å². The molecule has 0 aliphatic carbocycles. The minimum absolute atomic E-state index is 0.105. The normalized spacial score (nSPS) is 13.8. The topological polar surface area (TPSA) is 84.0 Å². The maximum Gasteiger partial charge on any atom is 0.248 e. The van der Waals surface area contributed by atoms with Crippen LogP contribution in [0, 0.1) is 0 Å². The van der Waals surface area contributed by atoms with Gasteiger partial charge < -0.3 is 24.6 Å². The van der Waals surface area contributed by atoms with Crippen molar-refractivity contribution in [3.05, 3.63) is 54.4 Å². The van der Waals surface area contributed by atoms with Crippen molar-refractivity contribution in [2.75, 3.05) is 51.4 Å². The largest absolute Gasteiger partial charge is 0.495 e. The van der Waals surface area contributed by atoms with E-state index in [1.807, 2.05) is 42.5 Å². The first kappa shape index (κ1) is 20.6. The summed E-state index contributed by atoms with van der Waals surface area (Å²) in [6.45, 7) is 2.72. The molecule has 1 aliphatic heterocycles. The van der Waals surface area contributed by atoms with Crippen LogP contribution >= 0.6 is 0 Å². The fraction of sp³-hybridized carbons (Fsp3) is 0.381. The van der Waals surface area contributed by atoms with Crippen LogP contribution in [0.25, 0.3) is 0 Å². The second-order valence-electron chi connectivity index (χ2n) is 6.63. The number of amides is 2. The number of aromatic nitrogens is 1. The average Bonchev–Trinajstić information content (AvgIpc) is 2.78. The van der Waals surface area contributed by atoms with Crippen LogP contribution in [0.3, 0.4) is 0 Å². The van der Waals surface area contributed by atoms with Gasteiger partial charge in [0, 0.05) is 32.4 Å². The molecular weight excluding hydrogens is 372 g/mol. The van der Waals surface area contributed by atoms with Crippen LogP contribution < -0.4 is 15.0 Å². The average molecular weight is 398 g/mol. The van der Waals surface area contributed by atoms with Crippen molar-refractivity contribution in [3.8, 4) is 5.75 Å². The summed E-state index contributed by atoms with van der Waals surface area (Å²) in [5.41, 5.74) is 1.80. The summed E-state index contributed by atoms with van der Waals surface area (Å²) >= 11 is 0. The molecule has 2 amide bonds. The fourth-order valence-corrected chi connectivity index (χ4v) is 3.15. The standard InChI is InChI=1S/C21H26N4O4/c1-28-19-8-3-2-7-18(19)24-10-12-25(13-11-24)21(27)16-29-15-20(26)23-14-17-6-4-5-9-22-17/h2-9H,10-16H2,1H3,(H,23,26). The molecule has 0 atom stereocenters. The number of para-hydroxylation sites is 2. The summed E-state index contributed by atoms with van der Waals surface area (Å²) in [6, 6.07) is 13.4. The van der Waals surface area contributed by atoms with E-state index in [0.29, 0.717) is 19.6 Å². The molecule has 2 aromatic rings. The number of pyridine rings is 1. The Hall–Kier alpha value is -3.13. The zero-order chi connectivity index (χ0) is 20.5. The van der Waals surface area contributed by atoms with Crippen LogP contribution in [0.5, 0.6) is 5.75 Å². The van der Waals surface area contributed by atoms with Gasteiger partial charge in [0.15, 0.2) is 0 Å². The van der Waals surface area contributed by atoms with E-state index in [9.17, 15) is 9.59 Å². The number of piperazine rings is 1. The third-order valence-electron chi connectivity index (χ3n) is 4.71. The lowest BCUT2D eigenvalue weighted by molar-refractivity contribution is -0.138. The maximum atomic E-state index is 12.3. The molecule has 2 heterocycles. The highest BCUT2D eigenvalue weighted by atomic mass is 16.5. The third-order valence-corrected chi connectivity index (χ3v) is 4.71. The number of ether oxygens (including phenoxy) is 2. The van der Waals surface area contributed by atoms with Gasteiger partial charge in [-0.1, -0.05) is 18.2 Å². The molecule has 154 valence electrons. The highest BCUT2D eigenvalue weighted by Crippen LogP contribution is 2.28. The number of methoxy groups -OCH3 is 1. The predicted octanol–water partition coefficient (Wildman–Crippen LogP) is 1.07.